The largest absolute Gasteiger partial charge is 0.478 e. The molecule has 8 atom stereocenters. The topological polar surface area (TPSA) is 93.0 Å². The summed E-state index contributed by atoms with van der Waals surface area (Å²) in [5.74, 6) is 3.04. The number of carboxylic acids is 1. The second-order valence-corrected chi connectivity index (χ2v) is 13.8. The van der Waals surface area contributed by atoms with Gasteiger partial charge in [-0.15, -0.1) is 4.91 Å². The zero-order valence-corrected chi connectivity index (χ0v) is 23.9. The molecule has 0 saturated heterocycles. The van der Waals surface area contributed by atoms with Crippen LogP contribution in [0.25, 0.3) is 0 Å². The summed E-state index contributed by atoms with van der Waals surface area (Å²) >= 11 is 0. The number of allylic oxidation sites excluding steroid dienone is 1. The first kappa shape index (κ1) is 28.0. The first-order chi connectivity index (χ1) is 18.6. The van der Waals surface area contributed by atoms with Gasteiger partial charge in [0.15, 0.2) is 0 Å². The van der Waals surface area contributed by atoms with Gasteiger partial charge < -0.3 is 9.84 Å². The molecule has 0 amide bonds. The minimum atomic E-state index is -1.13. The van der Waals surface area contributed by atoms with E-state index in [0.717, 1.165) is 30.1 Å². The zero-order valence-electron chi connectivity index (χ0n) is 23.9. The molecule has 5 rings (SSSR count). The van der Waals surface area contributed by atoms with Crippen LogP contribution in [0, 0.1) is 51.2 Å². The average Bonchev–Trinajstić information content (AvgIpc) is 3.28. The third kappa shape index (κ3) is 5.09. The van der Waals surface area contributed by atoms with E-state index < -0.39 is 5.97 Å². The highest BCUT2D eigenvalue weighted by Crippen LogP contribution is 2.68. The number of nitroso groups, excluding NO2 is 1. The highest BCUT2D eigenvalue weighted by atomic mass is 16.5. The number of benzene rings is 1. The fraction of sp³-hybridized carbons (Fsp3) is 0.697. The Morgan fingerprint density at radius 2 is 1.87 bits per heavy atom. The number of carbonyl (C=O) groups excluding carboxylic acids is 1. The van der Waals surface area contributed by atoms with Gasteiger partial charge in [-0.3, -0.25) is 4.79 Å². The molecule has 4 saturated carbocycles. The SMILES string of the molecule is C=C1CCC2(C)C(CCC3C2CCC2(C)C(C(C)CCC(=O)OCc4ccc(C(=O)O)cc4N=O)CCC32)C1. The van der Waals surface area contributed by atoms with Crippen molar-refractivity contribution in [2.24, 2.45) is 51.5 Å². The second-order valence-electron chi connectivity index (χ2n) is 13.8. The van der Waals surface area contributed by atoms with E-state index in [1.807, 2.05) is 0 Å². The van der Waals surface area contributed by atoms with Crippen LogP contribution in [0.2, 0.25) is 0 Å². The van der Waals surface area contributed by atoms with E-state index in [1.165, 1.54) is 81.6 Å². The molecule has 4 aliphatic carbocycles. The van der Waals surface area contributed by atoms with Crippen LogP contribution in [0.4, 0.5) is 5.69 Å². The summed E-state index contributed by atoms with van der Waals surface area (Å²) < 4.78 is 5.46. The molecule has 6 nitrogen and oxygen atoms in total. The third-order valence-electron chi connectivity index (χ3n) is 12.0. The fourth-order valence-electron chi connectivity index (χ4n) is 9.81. The van der Waals surface area contributed by atoms with Crippen LogP contribution in [-0.2, 0) is 16.1 Å². The minimum Gasteiger partial charge on any atom is -0.478 e. The van der Waals surface area contributed by atoms with Crippen molar-refractivity contribution in [3.8, 4) is 0 Å². The monoisotopic (exact) mass is 535 g/mol. The number of carboxylic acid groups (broad SMARTS) is 1. The Morgan fingerprint density at radius 1 is 1.10 bits per heavy atom. The van der Waals surface area contributed by atoms with Crippen LogP contribution in [-0.4, -0.2) is 17.0 Å². The predicted molar refractivity (Wildman–Crippen MR) is 151 cm³/mol. The molecule has 0 heterocycles. The van der Waals surface area contributed by atoms with Gasteiger partial charge in [-0.25, -0.2) is 4.79 Å². The van der Waals surface area contributed by atoms with E-state index in [1.54, 1.807) is 0 Å². The van der Waals surface area contributed by atoms with E-state index in [2.05, 4.69) is 32.5 Å². The van der Waals surface area contributed by atoms with Crippen molar-refractivity contribution in [3.63, 3.8) is 0 Å². The molecular formula is C33H45NO5. The molecule has 0 bridgehead atoms. The Kier molecular flexibility index (Phi) is 7.78. The lowest BCUT2D eigenvalue weighted by Gasteiger charge is -2.61. The molecule has 0 aliphatic heterocycles. The van der Waals surface area contributed by atoms with Gasteiger partial charge in [-0.2, -0.15) is 0 Å². The lowest BCUT2D eigenvalue weighted by atomic mass is 9.44. The normalized spacial score (nSPS) is 36.3. The van der Waals surface area contributed by atoms with Gasteiger partial charge in [0.25, 0.3) is 0 Å². The van der Waals surface area contributed by atoms with Crippen molar-refractivity contribution < 1.29 is 19.4 Å². The number of hydrogen-bond acceptors (Lipinski definition) is 5. The van der Waals surface area contributed by atoms with Crippen LogP contribution < -0.4 is 0 Å². The number of fused-ring (bicyclic) bond motifs is 5. The summed E-state index contributed by atoms with van der Waals surface area (Å²) in [5.41, 5.74) is 2.73. The average molecular weight is 536 g/mol. The van der Waals surface area contributed by atoms with Crippen molar-refractivity contribution >= 4 is 17.6 Å². The minimum absolute atomic E-state index is 0.00218. The number of hydrogen-bond donors (Lipinski definition) is 1. The smallest absolute Gasteiger partial charge is 0.335 e. The number of esters is 1. The summed E-state index contributed by atoms with van der Waals surface area (Å²) in [4.78, 5) is 34.9. The molecular weight excluding hydrogens is 490 g/mol. The molecule has 1 aromatic rings. The first-order valence-corrected chi connectivity index (χ1v) is 15.1. The molecule has 212 valence electrons. The van der Waals surface area contributed by atoms with Crippen molar-refractivity contribution in [1.82, 2.24) is 0 Å². The van der Waals surface area contributed by atoms with Gasteiger partial charge >= 0.3 is 11.9 Å². The van der Waals surface area contributed by atoms with E-state index in [9.17, 15) is 14.5 Å². The summed E-state index contributed by atoms with van der Waals surface area (Å²) in [5, 5.41) is 12.0. The number of aromatic carboxylic acids is 1. The lowest BCUT2D eigenvalue weighted by molar-refractivity contribution is -0.145. The summed E-state index contributed by atoms with van der Waals surface area (Å²) in [6, 6.07) is 4.10. The Labute approximate surface area is 232 Å². The maximum Gasteiger partial charge on any atom is 0.335 e. The zero-order chi connectivity index (χ0) is 27.9. The quantitative estimate of drug-likeness (QED) is 0.205. The molecule has 1 aromatic carbocycles. The van der Waals surface area contributed by atoms with E-state index in [0.29, 0.717) is 34.7 Å². The summed E-state index contributed by atoms with van der Waals surface area (Å²) in [6.07, 6.45) is 13.0. The van der Waals surface area contributed by atoms with Crippen molar-refractivity contribution in [2.45, 2.75) is 98.0 Å². The van der Waals surface area contributed by atoms with Crippen molar-refractivity contribution in [2.75, 3.05) is 0 Å². The molecule has 0 radical (unpaired) electrons. The van der Waals surface area contributed by atoms with Crippen molar-refractivity contribution in [1.29, 1.82) is 0 Å². The van der Waals surface area contributed by atoms with E-state index in [4.69, 9.17) is 9.84 Å². The van der Waals surface area contributed by atoms with Gasteiger partial charge in [-0.1, -0.05) is 39.0 Å². The molecule has 8 unspecified atom stereocenters. The van der Waals surface area contributed by atoms with Crippen LogP contribution in [0.1, 0.15) is 107 Å². The molecule has 0 aromatic heterocycles. The van der Waals surface area contributed by atoms with Gasteiger partial charge in [0.05, 0.1) is 5.56 Å². The highest BCUT2D eigenvalue weighted by molar-refractivity contribution is 5.88. The predicted octanol–water partition coefficient (Wildman–Crippen LogP) is 8.46. The standard InChI is InChI=1S/C33H45NO5/c1-20-13-15-32(3)24(17-20)8-9-25-27-11-10-26(33(27,4)16-14-28(25)32)21(2)5-12-30(35)39-19-23-7-6-22(31(36)37)18-29(23)34-38/h6-7,18,21,24-28H,1,5,8-17,19H2,2-4H3,(H,36,37). The second kappa shape index (κ2) is 10.8. The van der Waals surface area contributed by atoms with E-state index in [-0.39, 0.29) is 23.8 Å². The first-order valence-electron chi connectivity index (χ1n) is 15.1. The number of nitrogens with zero attached hydrogens (tertiary/aromatic N) is 1. The Bertz CT molecular complexity index is 1140. The number of ether oxygens (including phenoxy) is 1. The van der Waals surface area contributed by atoms with Gasteiger partial charge in [0, 0.05) is 12.0 Å². The van der Waals surface area contributed by atoms with Gasteiger partial charge in [-0.05, 0) is 128 Å². The Balaban J connectivity index is 1.16. The molecule has 6 heteroatoms. The highest BCUT2D eigenvalue weighted by Gasteiger charge is 2.60. The Morgan fingerprint density at radius 3 is 2.62 bits per heavy atom. The Hall–Kier alpha value is -2.50. The fourth-order valence-corrected chi connectivity index (χ4v) is 9.81. The summed E-state index contributed by atoms with van der Waals surface area (Å²) in [6.45, 7) is 11.8. The van der Waals surface area contributed by atoms with Crippen molar-refractivity contribution in [3.05, 3.63) is 46.4 Å². The molecule has 4 fully saturated rings. The summed E-state index contributed by atoms with van der Waals surface area (Å²) in [7, 11) is 0. The van der Waals surface area contributed by atoms with Gasteiger partial charge in [0.2, 0.25) is 0 Å². The molecule has 39 heavy (non-hydrogen) atoms. The van der Waals surface area contributed by atoms with Gasteiger partial charge in [0.1, 0.15) is 12.3 Å². The van der Waals surface area contributed by atoms with Crippen LogP contribution >= 0.6 is 0 Å². The van der Waals surface area contributed by atoms with Crippen LogP contribution in [0.3, 0.4) is 0 Å². The third-order valence-corrected chi connectivity index (χ3v) is 12.0. The number of carbonyl (C=O) groups is 2. The maximum atomic E-state index is 12.6. The van der Waals surface area contributed by atoms with Crippen LogP contribution in [0.15, 0.2) is 35.5 Å². The molecule has 1 N–H and O–H groups in total. The lowest BCUT2D eigenvalue weighted by Crippen LogP contribution is -2.53. The van der Waals surface area contributed by atoms with E-state index >= 15 is 0 Å². The van der Waals surface area contributed by atoms with Crippen LogP contribution in [0.5, 0.6) is 0 Å². The number of rotatable bonds is 8. The maximum absolute atomic E-state index is 12.6. The molecule has 0 spiro atoms. The molecule has 4 aliphatic rings.